The third-order valence-corrected chi connectivity index (χ3v) is 12.4. The predicted octanol–water partition coefficient (Wildman–Crippen LogP) is 9.26. The Bertz CT molecular complexity index is 2940. The first-order valence-corrected chi connectivity index (χ1v) is 22.9. The molecule has 16 heteroatoms. The second kappa shape index (κ2) is 19.6. The SMILES string of the molecule is C=Cc1ccc2c(n1)nc(-c1ccc(F)cc1)n2-c1ccnc(NC2CCCC2)n1.Fc1ccc(-c2nc3nc(CCN4CCOCC4)ccc3n2-c2ccnc(NC3CCCC3)n2)cc1. The van der Waals surface area contributed by atoms with Gasteiger partial charge in [-0.25, -0.2) is 38.7 Å². The standard InChI is InChI=1S/C27H30FN7O.C23H21FN6/c28-20-7-5-19(6-8-20)26-33-25-23(10-9-22(30-25)12-14-34-15-17-36-18-16-34)35(26)24-11-13-29-27(32-24)31-21-3-1-2-4-21;1-2-17-11-12-19-21(26-17)29-22(15-7-9-16(24)10-8-15)30(19)20-13-14-25-23(28-20)27-18-5-3-4-6-18/h5-11,13,21H,1-4,12,14-18H2,(H,29,31,32);2,7-14,18H,1,3-6H2,(H,25,27,28). The molecule has 2 saturated carbocycles. The Kier molecular flexibility index (Phi) is 12.7. The van der Waals surface area contributed by atoms with E-state index in [1.54, 1.807) is 42.7 Å². The first-order chi connectivity index (χ1) is 32.4. The third-order valence-electron chi connectivity index (χ3n) is 12.4. The zero-order valence-electron chi connectivity index (χ0n) is 36.7. The Morgan fingerprint density at radius 3 is 1.61 bits per heavy atom. The van der Waals surface area contributed by atoms with Crippen LogP contribution < -0.4 is 10.6 Å². The number of hydrogen-bond acceptors (Lipinski definition) is 12. The van der Waals surface area contributed by atoms with Crippen LogP contribution >= 0.6 is 0 Å². The Labute approximate surface area is 381 Å². The minimum absolute atomic E-state index is 0.282. The number of morpholine rings is 1. The summed E-state index contributed by atoms with van der Waals surface area (Å²) >= 11 is 0. The van der Waals surface area contributed by atoms with Crippen molar-refractivity contribution in [3.05, 3.63) is 127 Å². The van der Waals surface area contributed by atoms with Crippen molar-refractivity contribution in [1.29, 1.82) is 0 Å². The molecule has 2 aliphatic carbocycles. The number of nitrogens with one attached hydrogen (secondary N) is 2. The van der Waals surface area contributed by atoms with E-state index in [1.807, 2.05) is 33.4 Å². The minimum Gasteiger partial charge on any atom is -0.379 e. The molecule has 14 nitrogen and oxygen atoms in total. The van der Waals surface area contributed by atoms with Crippen molar-refractivity contribution in [2.75, 3.05) is 43.5 Å². The number of imidazole rings is 2. The first-order valence-electron chi connectivity index (χ1n) is 22.9. The lowest BCUT2D eigenvalue weighted by Crippen LogP contribution is -2.37. The predicted molar refractivity (Wildman–Crippen MR) is 253 cm³/mol. The number of rotatable bonds is 12. The van der Waals surface area contributed by atoms with Gasteiger partial charge >= 0.3 is 0 Å². The highest BCUT2D eigenvalue weighted by atomic mass is 19.1. The smallest absolute Gasteiger partial charge is 0.224 e. The van der Waals surface area contributed by atoms with E-state index in [-0.39, 0.29) is 11.6 Å². The number of benzene rings is 2. The molecule has 0 radical (unpaired) electrons. The molecule has 0 amide bonds. The molecule has 3 aliphatic rings. The fraction of sp³-hybridized carbons (Fsp3) is 0.320. The fourth-order valence-corrected chi connectivity index (χ4v) is 8.97. The zero-order valence-corrected chi connectivity index (χ0v) is 36.7. The van der Waals surface area contributed by atoms with Crippen LogP contribution in [0.4, 0.5) is 20.7 Å². The summed E-state index contributed by atoms with van der Waals surface area (Å²) in [5, 5.41) is 6.92. The van der Waals surface area contributed by atoms with Crippen molar-refractivity contribution in [2.24, 2.45) is 0 Å². The van der Waals surface area contributed by atoms with Crippen molar-refractivity contribution in [3.63, 3.8) is 0 Å². The third kappa shape index (κ3) is 9.65. The van der Waals surface area contributed by atoms with Crippen LogP contribution in [0.25, 0.3) is 62.8 Å². The Morgan fingerprint density at radius 1 is 0.591 bits per heavy atom. The van der Waals surface area contributed by atoms with E-state index in [4.69, 9.17) is 29.7 Å². The van der Waals surface area contributed by atoms with Crippen LogP contribution in [0.5, 0.6) is 0 Å². The van der Waals surface area contributed by atoms with E-state index in [0.29, 0.717) is 58.6 Å². The van der Waals surface area contributed by atoms with Crippen molar-refractivity contribution in [2.45, 2.75) is 69.9 Å². The highest BCUT2D eigenvalue weighted by Crippen LogP contribution is 2.31. The maximum Gasteiger partial charge on any atom is 0.224 e. The number of nitrogens with zero attached hydrogens (tertiary/aromatic N) is 11. The Balaban J connectivity index is 0.000000158. The molecule has 0 spiro atoms. The number of fused-ring (bicyclic) bond motifs is 2. The molecule has 7 heterocycles. The van der Waals surface area contributed by atoms with Crippen LogP contribution in [0.1, 0.15) is 62.8 Å². The average molecular weight is 888 g/mol. The summed E-state index contributed by atoms with van der Waals surface area (Å²) in [6.07, 6.45) is 15.5. The van der Waals surface area contributed by atoms with Gasteiger partial charge in [0.05, 0.1) is 29.9 Å². The van der Waals surface area contributed by atoms with E-state index in [9.17, 15) is 8.78 Å². The van der Waals surface area contributed by atoms with Gasteiger partial charge in [0.2, 0.25) is 11.9 Å². The molecular formula is C50H51F2N13O. The van der Waals surface area contributed by atoms with Crippen molar-refractivity contribution >= 4 is 40.3 Å². The van der Waals surface area contributed by atoms with Crippen LogP contribution in [0.15, 0.2) is 104 Å². The molecule has 66 heavy (non-hydrogen) atoms. The van der Waals surface area contributed by atoms with E-state index >= 15 is 0 Å². The van der Waals surface area contributed by atoms with Gasteiger partial charge in [-0.05, 0) is 117 Å². The van der Waals surface area contributed by atoms with Gasteiger partial charge in [-0.15, -0.1) is 0 Å². The molecule has 2 aromatic carbocycles. The molecule has 0 bridgehead atoms. The van der Waals surface area contributed by atoms with Gasteiger partial charge in [-0.1, -0.05) is 32.3 Å². The van der Waals surface area contributed by atoms with Crippen LogP contribution in [-0.2, 0) is 11.2 Å². The monoisotopic (exact) mass is 887 g/mol. The maximum atomic E-state index is 13.7. The molecule has 6 aromatic heterocycles. The molecule has 0 atom stereocenters. The van der Waals surface area contributed by atoms with E-state index < -0.39 is 0 Å². The topological polar surface area (TPSA) is 150 Å². The fourth-order valence-electron chi connectivity index (χ4n) is 8.97. The molecule has 3 fully saturated rings. The summed E-state index contributed by atoms with van der Waals surface area (Å²) in [5.41, 5.74) is 6.21. The maximum absolute atomic E-state index is 13.7. The van der Waals surface area contributed by atoms with Crippen LogP contribution in [0.2, 0.25) is 0 Å². The molecule has 11 rings (SSSR count). The highest BCUT2D eigenvalue weighted by molar-refractivity contribution is 5.82. The zero-order chi connectivity index (χ0) is 44.8. The molecule has 336 valence electrons. The summed E-state index contributed by atoms with van der Waals surface area (Å²) < 4.78 is 36.6. The quantitative estimate of drug-likeness (QED) is 0.120. The van der Waals surface area contributed by atoms with Crippen LogP contribution in [0.3, 0.4) is 0 Å². The number of anilines is 2. The molecule has 1 aliphatic heterocycles. The lowest BCUT2D eigenvalue weighted by atomic mass is 10.2. The molecule has 0 unspecified atom stereocenters. The normalized spacial score (nSPS) is 15.8. The largest absolute Gasteiger partial charge is 0.379 e. The minimum atomic E-state index is -0.293. The lowest BCUT2D eigenvalue weighted by molar-refractivity contribution is 0.0383. The summed E-state index contributed by atoms with van der Waals surface area (Å²) in [6.45, 7) is 8.21. The summed E-state index contributed by atoms with van der Waals surface area (Å²) in [6, 6.07) is 25.2. The Hall–Kier alpha value is -7.04. The summed E-state index contributed by atoms with van der Waals surface area (Å²) in [4.78, 5) is 39.9. The van der Waals surface area contributed by atoms with Gasteiger partial charge in [0.25, 0.3) is 0 Å². The molecular weight excluding hydrogens is 837 g/mol. The van der Waals surface area contributed by atoms with Gasteiger partial charge in [0.1, 0.15) is 34.9 Å². The first kappa shape index (κ1) is 42.9. The van der Waals surface area contributed by atoms with Crippen molar-refractivity contribution < 1.29 is 13.5 Å². The van der Waals surface area contributed by atoms with E-state index in [1.165, 1.54) is 49.9 Å². The molecule has 8 aromatic rings. The molecule has 1 saturated heterocycles. The second-order valence-electron chi connectivity index (χ2n) is 16.9. The van der Waals surface area contributed by atoms with Gasteiger partial charge < -0.3 is 15.4 Å². The van der Waals surface area contributed by atoms with Crippen LogP contribution in [-0.4, -0.2) is 98.8 Å². The number of aromatic nitrogens is 10. The summed E-state index contributed by atoms with van der Waals surface area (Å²) in [5.74, 6) is 3.34. The number of halogens is 2. The number of ether oxygens (including phenoxy) is 1. The average Bonchev–Trinajstić information content (AvgIpc) is 4.20. The lowest BCUT2D eigenvalue weighted by Gasteiger charge is -2.26. The number of pyridine rings is 2. The van der Waals surface area contributed by atoms with Gasteiger partial charge in [-0.3, -0.25) is 14.0 Å². The van der Waals surface area contributed by atoms with Crippen molar-refractivity contribution in [3.8, 4) is 34.4 Å². The van der Waals surface area contributed by atoms with Gasteiger partial charge in [-0.2, -0.15) is 9.97 Å². The van der Waals surface area contributed by atoms with E-state index in [2.05, 4.69) is 49.2 Å². The number of hydrogen-bond donors (Lipinski definition) is 2. The van der Waals surface area contributed by atoms with Gasteiger partial charge in [0.15, 0.2) is 11.3 Å². The van der Waals surface area contributed by atoms with Gasteiger partial charge in [0, 0.05) is 67.4 Å². The Morgan fingerprint density at radius 2 is 1.09 bits per heavy atom. The van der Waals surface area contributed by atoms with Crippen molar-refractivity contribution in [1.82, 2.24) is 53.9 Å². The highest BCUT2D eigenvalue weighted by Gasteiger charge is 2.22. The van der Waals surface area contributed by atoms with E-state index in [0.717, 1.165) is 98.5 Å². The molecule has 2 N–H and O–H groups in total. The summed E-state index contributed by atoms with van der Waals surface area (Å²) in [7, 11) is 0. The van der Waals surface area contributed by atoms with Crippen LogP contribution in [0, 0.1) is 11.6 Å². The second-order valence-corrected chi connectivity index (χ2v) is 16.9.